The molecular formula is C41H43BrN2. The lowest BCUT2D eigenvalue weighted by Crippen LogP contribution is -2.04. The van der Waals surface area contributed by atoms with Gasteiger partial charge in [-0.25, -0.2) is 4.98 Å². The van der Waals surface area contributed by atoms with Gasteiger partial charge in [-0.3, -0.25) is 0 Å². The molecule has 224 valence electrons. The predicted octanol–water partition coefficient (Wildman–Crippen LogP) is 12.9. The molecule has 0 N–H and O–H groups in total. The molecule has 0 aliphatic heterocycles. The molecule has 0 bridgehead atoms. The van der Waals surface area contributed by atoms with Crippen LogP contribution in [0, 0.1) is 0 Å². The highest BCUT2D eigenvalue weighted by Gasteiger charge is 2.24. The van der Waals surface area contributed by atoms with Crippen LogP contribution in [-0.2, 0) is 6.54 Å². The number of unbranched alkanes of at least 4 members (excludes halogenated alkanes) is 9. The van der Waals surface area contributed by atoms with E-state index in [-0.39, 0.29) is 0 Å². The summed E-state index contributed by atoms with van der Waals surface area (Å²) in [4.78, 5) is 5.57. The SMILES string of the molecule is CCCCCCCCCCCCn1c(-c2c3ccccc3c(Br)c3ccccc23)nc(-c2ccccc2)c1-c1ccccc1. The molecule has 3 heteroatoms. The Morgan fingerprint density at radius 3 is 1.52 bits per heavy atom. The second-order valence-electron chi connectivity index (χ2n) is 12.0. The highest BCUT2D eigenvalue weighted by atomic mass is 79.9. The molecule has 0 spiro atoms. The molecule has 6 aromatic rings. The molecule has 1 heterocycles. The number of hydrogen-bond donors (Lipinski definition) is 0. The van der Waals surface area contributed by atoms with Crippen LogP contribution in [0.5, 0.6) is 0 Å². The van der Waals surface area contributed by atoms with Gasteiger partial charge < -0.3 is 4.57 Å². The summed E-state index contributed by atoms with van der Waals surface area (Å²) in [5.41, 5.74) is 5.84. The van der Waals surface area contributed by atoms with Gasteiger partial charge in [0.05, 0.1) is 11.4 Å². The Morgan fingerprint density at radius 2 is 0.977 bits per heavy atom. The number of nitrogens with zero attached hydrogens (tertiary/aromatic N) is 2. The quantitative estimate of drug-likeness (QED) is 0.0853. The third kappa shape index (κ3) is 6.54. The molecule has 0 fully saturated rings. The molecule has 1 aromatic heterocycles. The summed E-state index contributed by atoms with van der Waals surface area (Å²) in [6.45, 7) is 3.23. The molecule has 0 saturated carbocycles. The Bertz CT molecular complexity index is 1750. The molecule has 44 heavy (non-hydrogen) atoms. The van der Waals surface area contributed by atoms with Crippen molar-refractivity contribution < 1.29 is 0 Å². The maximum Gasteiger partial charge on any atom is 0.142 e. The molecule has 0 aliphatic rings. The maximum absolute atomic E-state index is 5.57. The van der Waals surface area contributed by atoms with Crippen molar-refractivity contribution in [2.75, 3.05) is 0 Å². The van der Waals surface area contributed by atoms with Crippen molar-refractivity contribution >= 4 is 37.5 Å². The Labute approximate surface area is 271 Å². The van der Waals surface area contributed by atoms with E-state index in [4.69, 9.17) is 4.98 Å². The summed E-state index contributed by atoms with van der Waals surface area (Å²) in [7, 11) is 0. The molecule has 0 atom stereocenters. The van der Waals surface area contributed by atoms with Gasteiger partial charge in [-0.2, -0.15) is 0 Å². The zero-order valence-electron chi connectivity index (χ0n) is 25.9. The topological polar surface area (TPSA) is 17.8 Å². The fourth-order valence-corrected chi connectivity index (χ4v) is 7.31. The zero-order valence-corrected chi connectivity index (χ0v) is 27.5. The number of imidazole rings is 1. The average Bonchev–Trinajstić information content (AvgIpc) is 3.45. The average molecular weight is 644 g/mol. The van der Waals surface area contributed by atoms with Gasteiger partial charge in [0.2, 0.25) is 0 Å². The van der Waals surface area contributed by atoms with E-state index in [9.17, 15) is 0 Å². The van der Waals surface area contributed by atoms with E-state index in [1.165, 1.54) is 96.2 Å². The lowest BCUT2D eigenvalue weighted by molar-refractivity contribution is 0.537. The highest BCUT2D eigenvalue weighted by Crippen LogP contribution is 2.44. The number of hydrogen-bond acceptors (Lipinski definition) is 1. The second-order valence-corrected chi connectivity index (χ2v) is 12.8. The van der Waals surface area contributed by atoms with Crippen molar-refractivity contribution in [2.24, 2.45) is 0 Å². The van der Waals surface area contributed by atoms with E-state index < -0.39 is 0 Å². The van der Waals surface area contributed by atoms with Crippen LogP contribution in [0.15, 0.2) is 114 Å². The largest absolute Gasteiger partial charge is 0.323 e. The van der Waals surface area contributed by atoms with Crippen LogP contribution >= 0.6 is 15.9 Å². The standard InChI is InChI=1S/C41H43BrN2/c1-2-3-4-5-6-7-8-9-10-21-30-44-40(32-24-15-12-16-25-32)39(31-22-13-11-14-23-31)43-41(44)37-33-26-17-19-28-35(33)38(42)36-29-20-18-27-34(36)37/h11-20,22-29H,2-10,21,30H2,1H3. The second kappa shape index (κ2) is 14.9. The fraction of sp³-hybridized carbons (Fsp3) is 0.293. The van der Waals surface area contributed by atoms with Crippen LogP contribution in [0.25, 0.3) is 55.4 Å². The number of aromatic nitrogens is 2. The van der Waals surface area contributed by atoms with E-state index in [2.05, 4.69) is 137 Å². The Morgan fingerprint density at radius 1 is 0.523 bits per heavy atom. The van der Waals surface area contributed by atoms with Gasteiger partial charge in [0.1, 0.15) is 5.82 Å². The number of halogens is 1. The van der Waals surface area contributed by atoms with Crippen LogP contribution in [-0.4, -0.2) is 9.55 Å². The molecule has 0 saturated heterocycles. The van der Waals surface area contributed by atoms with Gasteiger partial charge >= 0.3 is 0 Å². The Kier molecular flexibility index (Phi) is 10.2. The minimum Gasteiger partial charge on any atom is -0.323 e. The van der Waals surface area contributed by atoms with Crippen molar-refractivity contribution in [1.82, 2.24) is 9.55 Å². The van der Waals surface area contributed by atoms with Gasteiger partial charge in [0, 0.05) is 27.7 Å². The minimum absolute atomic E-state index is 0.939. The van der Waals surface area contributed by atoms with Crippen molar-refractivity contribution in [2.45, 2.75) is 77.7 Å². The first kappa shape index (κ1) is 30.3. The van der Waals surface area contributed by atoms with Crippen LogP contribution in [0.3, 0.4) is 0 Å². The summed E-state index contributed by atoms with van der Waals surface area (Å²) in [6, 6.07) is 39.1. The van der Waals surface area contributed by atoms with Crippen LogP contribution < -0.4 is 0 Å². The summed E-state index contributed by atoms with van der Waals surface area (Å²) in [5.74, 6) is 1.05. The first-order valence-corrected chi connectivity index (χ1v) is 17.4. The molecule has 5 aromatic carbocycles. The van der Waals surface area contributed by atoms with E-state index in [1.807, 2.05) is 0 Å². The Hall–Kier alpha value is -3.69. The third-order valence-electron chi connectivity index (χ3n) is 8.89. The van der Waals surface area contributed by atoms with Crippen LogP contribution in [0.1, 0.15) is 71.1 Å². The highest BCUT2D eigenvalue weighted by molar-refractivity contribution is 9.10. The first-order chi connectivity index (χ1) is 21.8. The smallest absolute Gasteiger partial charge is 0.142 e. The summed E-state index contributed by atoms with van der Waals surface area (Å²) < 4.78 is 3.68. The summed E-state index contributed by atoms with van der Waals surface area (Å²) in [6.07, 6.45) is 13.3. The van der Waals surface area contributed by atoms with E-state index in [0.29, 0.717) is 0 Å². The van der Waals surface area contributed by atoms with Gasteiger partial charge in [-0.15, -0.1) is 0 Å². The molecule has 2 nitrogen and oxygen atoms in total. The predicted molar refractivity (Wildman–Crippen MR) is 193 cm³/mol. The minimum atomic E-state index is 0.939. The molecule has 0 radical (unpaired) electrons. The van der Waals surface area contributed by atoms with E-state index >= 15 is 0 Å². The number of rotatable bonds is 14. The number of benzene rings is 5. The van der Waals surface area contributed by atoms with E-state index in [0.717, 1.165) is 34.5 Å². The van der Waals surface area contributed by atoms with Crippen LogP contribution in [0.2, 0.25) is 0 Å². The van der Waals surface area contributed by atoms with E-state index in [1.54, 1.807) is 0 Å². The summed E-state index contributed by atoms with van der Waals surface area (Å²) in [5, 5.41) is 4.90. The summed E-state index contributed by atoms with van der Waals surface area (Å²) >= 11 is 3.96. The van der Waals surface area contributed by atoms with Crippen molar-refractivity contribution in [1.29, 1.82) is 0 Å². The maximum atomic E-state index is 5.57. The first-order valence-electron chi connectivity index (χ1n) is 16.6. The number of fused-ring (bicyclic) bond motifs is 2. The third-order valence-corrected chi connectivity index (χ3v) is 9.74. The van der Waals surface area contributed by atoms with Crippen LogP contribution in [0.4, 0.5) is 0 Å². The molecule has 0 aliphatic carbocycles. The van der Waals surface area contributed by atoms with Gasteiger partial charge in [0.25, 0.3) is 0 Å². The fourth-order valence-electron chi connectivity index (χ4n) is 6.62. The zero-order chi connectivity index (χ0) is 30.1. The van der Waals surface area contributed by atoms with Gasteiger partial charge in [-0.05, 0) is 43.9 Å². The molecule has 6 rings (SSSR count). The molecule has 0 unspecified atom stereocenters. The lowest BCUT2D eigenvalue weighted by atomic mass is 9.96. The monoisotopic (exact) mass is 642 g/mol. The Balaban J connectivity index is 1.45. The van der Waals surface area contributed by atoms with Gasteiger partial charge in [0.15, 0.2) is 0 Å². The lowest BCUT2D eigenvalue weighted by Gasteiger charge is -2.17. The van der Waals surface area contributed by atoms with Gasteiger partial charge in [-0.1, -0.05) is 174 Å². The normalized spacial score (nSPS) is 11.5. The molecular weight excluding hydrogens is 600 g/mol. The van der Waals surface area contributed by atoms with Crippen molar-refractivity contribution in [3.8, 4) is 33.9 Å². The molecule has 0 amide bonds. The van der Waals surface area contributed by atoms with Crippen molar-refractivity contribution in [3.63, 3.8) is 0 Å². The van der Waals surface area contributed by atoms with Crippen molar-refractivity contribution in [3.05, 3.63) is 114 Å².